The number of anilines is 1. The smallest absolute Gasteiger partial charge is 0.204 e. The lowest BCUT2D eigenvalue weighted by atomic mass is 10.1. The second-order valence-corrected chi connectivity index (χ2v) is 6.05. The number of rotatable bonds is 2. The van der Waals surface area contributed by atoms with Gasteiger partial charge in [-0.3, -0.25) is 4.79 Å². The minimum absolute atomic E-state index is 0.0276. The molecule has 0 atom stereocenters. The molecule has 1 aromatic carbocycles. The molecule has 0 fully saturated rings. The van der Waals surface area contributed by atoms with Crippen LogP contribution in [0.1, 0.15) is 25.7 Å². The van der Waals surface area contributed by atoms with Crippen LogP contribution in [0.15, 0.2) is 28.7 Å². The molecule has 0 radical (unpaired) electrons. The lowest BCUT2D eigenvalue weighted by Crippen LogP contribution is -2.02. The lowest BCUT2D eigenvalue weighted by Gasteiger charge is -2.04. The van der Waals surface area contributed by atoms with Crippen LogP contribution in [0.25, 0.3) is 0 Å². The number of hydrogen-bond donors (Lipinski definition) is 1. The van der Waals surface area contributed by atoms with Crippen LogP contribution in [0.4, 0.5) is 5.69 Å². The van der Waals surface area contributed by atoms with Crippen LogP contribution in [-0.4, -0.2) is 5.78 Å². The molecule has 1 heterocycles. The fourth-order valence-corrected chi connectivity index (χ4v) is 3.11. The Bertz CT molecular complexity index is 589. The van der Waals surface area contributed by atoms with Gasteiger partial charge in [0, 0.05) is 20.6 Å². The third-order valence-electron chi connectivity index (χ3n) is 2.48. The highest BCUT2D eigenvalue weighted by Gasteiger charge is 2.17. The van der Waals surface area contributed by atoms with Gasteiger partial charge in [0.25, 0.3) is 0 Å². The quantitative estimate of drug-likeness (QED) is 0.674. The van der Waals surface area contributed by atoms with E-state index in [0.29, 0.717) is 11.3 Å². The van der Waals surface area contributed by atoms with Crippen molar-refractivity contribution >= 4 is 38.7 Å². The molecule has 1 aromatic heterocycles. The van der Waals surface area contributed by atoms with Gasteiger partial charge in [0.15, 0.2) is 0 Å². The molecule has 0 spiro atoms. The summed E-state index contributed by atoms with van der Waals surface area (Å²) in [6.07, 6.45) is 0. The summed E-state index contributed by atoms with van der Waals surface area (Å²) in [7, 11) is 0. The van der Waals surface area contributed by atoms with Crippen molar-refractivity contribution in [3.8, 4) is 0 Å². The fourth-order valence-electron chi connectivity index (χ4n) is 1.71. The first kappa shape index (κ1) is 12.3. The van der Waals surface area contributed by atoms with Crippen LogP contribution in [0.3, 0.4) is 0 Å². The first-order valence-corrected chi connectivity index (χ1v) is 6.76. The zero-order chi connectivity index (χ0) is 12.6. The standard InChI is InChI=1S/C13H12BrNOS/c1-7-5-8(2)17-13(7)12(16)10-6-9(15)3-4-11(10)14/h3-6H,15H2,1-2H3. The first-order chi connectivity index (χ1) is 7.99. The zero-order valence-corrected chi connectivity index (χ0v) is 12.0. The normalized spacial score (nSPS) is 10.5. The Morgan fingerprint density at radius 3 is 2.59 bits per heavy atom. The van der Waals surface area contributed by atoms with E-state index in [4.69, 9.17) is 5.73 Å². The van der Waals surface area contributed by atoms with E-state index < -0.39 is 0 Å². The van der Waals surface area contributed by atoms with E-state index in [2.05, 4.69) is 15.9 Å². The predicted molar refractivity (Wildman–Crippen MR) is 75.8 cm³/mol. The monoisotopic (exact) mass is 309 g/mol. The fraction of sp³-hybridized carbons (Fsp3) is 0.154. The van der Waals surface area contributed by atoms with Gasteiger partial charge in [-0.1, -0.05) is 15.9 Å². The number of benzene rings is 1. The molecule has 2 aromatic rings. The van der Waals surface area contributed by atoms with Crippen LogP contribution in [0.5, 0.6) is 0 Å². The molecule has 4 heteroatoms. The van der Waals surface area contributed by atoms with E-state index >= 15 is 0 Å². The van der Waals surface area contributed by atoms with Crippen LogP contribution >= 0.6 is 27.3 Å². The maximum Gasteiger partial charge on any atom is 0.204 e. The highest BCUT2D eigenvalue weighted by molar-refractivity contribution is 9.10. The predicted octanol–water partition coefficient (Wildman–Crippen LogP) is 3.94. The molecule has 0 bridgehead atoms. The molecule has 17 heavy (non-hydrogen) atoms. The van der Waals surface area contributed by atoms with Gasteiger partial charge >= 0.3 is 0 Å². The topological polar surface area (TPSA) is 43.1 Å². The highest BCUT2D eigenvalue weighted by atomic mass is 79.9. The summed E-state index contributed by atoms with van der Waals surface area (Å²) in [5.74, 6) is 0.0276. The molecule has 0 amide bonds. The second kappa shape index (κ2) is 4.63. The summed E-state index contributed by atoms with van der Waals surface area (Å²) >= 11 is 4.91. The number of halogens is 1. The van der Waals surface area contributed by atoms with Gasteiger partial charge in [-0.25, -0.2) is 0 Å². The SMILES string of the molecule is Cc1cc(C)c(C(=O)c2cc(N)ccc2Br)s1. The Kier molecular flexibility index (Phi) is 3.35. The van der Waals surface area contributed by atoms with Gasteiger partial charge in [0.2, 0.25) is 5.78 Å². The van der Waals surface area contributed by atoms with Gasteiger partial charge in [-0.15, -0.1) is 11.3 Å². The molecular formula is C13H12BrNOS. The number of carbonyl (C=O) groups excluding carboxylic acids is 1. The molecule has 0 aliphatic rings. The highest BCUT2D eigenvalue weighted by Crippen LogP contribution is 2.28. The molecule has 0 unspecified atom stereocenters. The van der Waals surface area contributed by atoms with Crippen LogP contribution in [0, 0.1) is 13.8 Å². The van der Waals surface area contributed by atoms with Crippen LogP contribution < -0.4 is 5.73 Å². The van der Waals surface area contributed by atoms with E-state index in [-0.39, 0.29) is 5.78 Å². The second-order valence-electron chi connectivity index (χ2n) is 3.94. The summed E-state index contributed by atoms with van der Waals surface area (Å²) in [6.45, 7) is 3.96. The number of nitrogen functional groups attached to an aromatic ring is 1. The average molecular weight is 310 g/mol. The number of ketones is 1. The van der Waals surface area contributed by atoms with Crippen LogP contribution in [0.2, 0.25) is 0 Å². The minimum atomic E-state index is 0.0276. The Morgan fingerprint density at radius 1 is 1.29 bits per heavy atom. The van der Waals surface area contributed by atoms with Crippen molar-refractivity contribution in [2.75, 3.05) is 5.73 Å². The third-order valence-corrected chi connectivity index (χ3v) is 4.33. The summed E-state index contributed by atoms with van der Waals surface area (Å²) in [6, 6.07) is 7.31. The van der Waals surface area contributed by atoms with Crippen LogP contribution in [-0.2, 0) is 0 Å². The number of thiophene rings is 1. The zero-order valence-electron chi connectivity index (χ0n) is 9.58. The van der Waals surface area contributed by atoms with Crippen molar-refractivity contribution in [1.82, 2.24) is 0 Å². The Labute approximate surface area is 113 Å². The van der Waals surface area contributed by atoms with Crippen molar-refractivity contribution in [3.05, 3.63) is 49.6 Å². The molecule has 88 valence electrons. The molecule has 0 saturated heterocycles. The number of hydrogen-bond acceptors (Lipinski definition) is 3. The summed E-state index contributed by atoms with van der Waals surface area (Å²) < 4.78 is 0.780. The van der Waals surface area contributed by atoms with Crippen molar-refractivity contribution in [2.45, 2.75) is 13.8 Å². The number of aryl methyl sites for hydroxylation is 2. The van der Waals surface area contributed by atoms with E-state index in [1.165, 1.54) is 11.3 Å². The molecule has 2 N–H and O–H groups in total. The molecule has 0 aliphatic heterocycles. The Balaban J connectivity index is 2.50. The van der Waals surface area contributed by atoms with Gasteiger partial charge < -0.3 is 5.73 Å². The van der Waals surface area contributed by atoms with E-state index in [9.17, 15) is 4.79 Å². The number of nitrogens with two attached hydrogens (primary N) is 1. The maximum absolute atomic E-state index is 12.4. The van der Waals surface area contributed by atoms with Crippen molar-refractivity contribution in [1.29, 1.82) is 0 Å². The molecule has 0 aliphatic carbocycles. The Hall–Kier alpha value is -1.13. The first-order valence-electron chi connectivity index (χ1n) is 5.16. The van der Waals surface area contributed by atoms with Crippen molar-refractivity contribution in [2.24, 2.45) is 0 Å². The minimum Gasteiger partial charge on any atom is -0.399 e. The van der Waals surface area contributed by atoms with Crippen molar-refractivity contribution < 1.29 is 4.79 Å². The van der Waals surface area contributed by atoms with E-state index in [1.807, 2.05) is 19.9 Å². The maximum atomic E-state index is 12.4. The summed E-state index contributed by atoms with van der Waals surface area (Å²) in [4.78, 5) is 14.3. The van der Waals surface area contributed by atoms with Gasteiger partial charge in [0.1, 0.15) is 0 Å². The molecule has 0 saturated carbocycles. The van der Waals surface area contributed by atoms with Gasteiger partial charge in [0.05, 0.1) is 4.88 Å². The van der Waals surface area contributed by atoms with E-state index in [0.717, 1.165) is 19.8 Å². The van der Waals surface area contributed by atoms with E-state index in [1.54, 1.807) is 18.2 Å². The van der Waals surface area contributed by atoms with Gasteiger partial charge in [-0.05, 0) is 43.7 Å². The Morgan fingerprint density at radius 2 is 2.00 bits per heavy atom. The molecule has 2 nitrogen and oxygen atoms in total. The number of carbonyl (C=O) groups is 1. The van der Waals surface area contributed by atoms with Crippen molar-refractivity contribution in [3.63, 3.8) is 0 Å². The summed E-state index contributed by atoms with van der Waals surface area (Å²) in [5.41, 5.74) is 7.96. The average Bonchev–Trinajstić information content (AvgIpc) is 2.60. The largest absolute Gasteiger partial charge is 0.399 e. The third kappa shape index (κ3) is 2.42. The summed E-state index contributed by atoms with van der Waals surface area (Å²) in [5, 5.41) is 0. The lowest BCUT2D eigenvalue weighted by molar-refractivity contribution is 0.104. The molecular weight excluding hydrogens is 298 g/mol. The molecule has 2 rings (SSSR count). The van der Waals surface area contributed by atoms with Gasteiger partial charge in [-0.2, -0.15) is 0 Å².